The van der Waals surface area contributed by atoms with Crippen molar-refractivity contribution in [3.05, 3.63) is 59.7 Å². The molecule has 1 aliphatic carbocycles. The van der Waals surface area contributed by atoms with Crippen molar-refractivity contribution in [3.8, 4) is 0 Å². The van der Waals surface area contributed by atoms with E-state index in [1.54, 1.807) is 24.1 Å². The first-order valence-electron chi connectivity index (χ1n) is 7.37. The zero-order valence-electron chi connectivity index (χ0n) is 12.4. The van der Waals surface area contributed by atoms with Crippen LogP contribution in [-0.2, 0) is 6.54 Å². The summed E-state index contributed by atoms with van der Waals surface area (Å²) in [4.78, 5) is 18.6. The van der Waals surface area contributed by atoms with E-state index in [1.807, 2.05) is 18.2 Å². The summed E-state index contributed by atoms with van der Waals surface area (Å²) in [6, 6.07) is 10.1. The molecule has 0 saturated heterocycles. The average molecular weight is 299 g/mol. The Morgan fingerprint density at radius 2 is 2.18 bits per heavy atom. The van der Waals surface area contributed by atoms with Gasteiger partial charge >= 0.3 is 6.03 Å². The van der Waals surface area contributed by atoms with Gasteiger partial charge in [-0.05, 0) is 55.7 Å². The molecule has 1 heterocycles. The fourth-order valence-electron chi connectivity index (χ4n) is 2.37. The van der Waals surface area contributed by atoms with Crippen molar-refractivity contribution in [2.24, 2.45) is 0 Å². The second-order valence-electron chi connectivity index (χ2n) is 5.57. The van der Waals surface area contributed by atoms with Crippen molar-refractivity contribution in [2.45, 2.75) is 32.4 Å². The van der Waals surface area contributed by atoms with Gasteiger partial charge in [0, 0.05) is 17.9 Å². The molecule has 0 aliphatic heterocycles. The molecule has 22 heavy (non-hydrogen) atoms. The van der Waals surface area contributed by atoms with Gasteiger partial charge in [0.15, 0.2) is 0 Å². The van der Waals surface area contributed by atoms with Gasteiger partial charge in [-0.15, -0.1) is 0 Å². The van der Waals surface area contributed by atoms with E-state index < -0.39 is 0 Å². The number of benzene rings is 1. The number of carbonyl (C=O) groups is 1. The van der Waals surface area contributed by atoms with Gasteiger partial charge in [-0.3, -0.25) is 4.98 Å². The fourth-order valence-corrected chi connectivity index (χ4v) is 2.37. The van der Waals surface area contributed by atoms with E-state index in [9.17, 15) is 9.18 Å². The van der Waals surface area contributed by atoms with Crippen LogP contribution in [0.1, 0.15) is 24.1 Å². The van der Waals surface area contributed by atoms with Gasteiger partial charge in [0.05, 0.1) is 12.2 Å². The number of nitrogens with zero attached hydrogens (tertiary/aromatic N) is 2. The largest absolute Gasteiger partial charge is 0.322 e. The number of hydrogen-bond acceptors (Lipinski definition) is 2. The van der Waals surface area contributed by atoms with E-state index in [0.717, 1.165) is 18.5 Å². The van der Waals surface area contributed by atoms with Gasteiger partial charge in [-0.2, -0.15) is 0 Å². The van der Waals surface area contributed by atoms with Crippen molar-refractivity contribution in [1.82, 2.24) is 9.88 Å². The Bertz CT molecular complexity index is 671. The van der Waals surface area contributed by atoms with E-state index in [1.165, 1.54) is 12.1 Å². The Balaban J connectivity index is 1.73. The van der Waals surface area contributed by atoms with Crippen molar-refractivity contribution in [1.29, 1.82) is 0 Å². The predicted octanol–water partition coefficient (Wildman–Crippen LogP) is 3.73. The molecular weight excluding hydrogens is 281 g/mol. The minimum absolute atomic E-state index is 0.164. The van der Waals surface area contributed by atoms with Crippen LogP contribution in [0.3, 0.4) is 0 Å². The molecule has 5 heteroatoms. The Morgan fingerprint density at radius 3 is 2.82 bits per heavy atom. The lowest BCUT2D eigenvalue weighted by molar-refractivity contribution is 0.205. The lowest BCUT2D eigenvalue weighted by atomic mass is 10.2. The number of amides is 2. The van der Waals surface area contributed by atoms with E-state index >= 15 is 0 Å². The van der Waals surface area contributed by atoms with Crippen LogP contribution >= 0.6 is 0 Å². The van der Waals surface area contributed by atoms with Gasteiger partial charge in [0.25, 0.3) is 0 Å². The smallest absolute Gasteiger partial charge is 0.316 e. The SMILES string of the molecule is Cc1cc(F)ccc1NC(=O)N(Cc1ccccn1)C1CC1. The standard InChI is InChI=1S/C17H18FN3O/c1-12-10-13(18)5-8-16(12)20-17(22)21(15-6-7-15)11-14-4-2-3-9-19-14/h2-5,8-10,15H,6-7,11H2,1H3,(H,20,22). The van der Waals surface area contributed by atoms with Crippen LogP contribution in [0.2, 0.25) is 0 Å². The van der Waals surface area contributed by atoms with Gasteiger partial charge in [0.2, 0.25) is 0 Å². The maximum Gasteiger partial charge on any atom is 0.322 e. The summed E-state index contributed by atoms with van der Waals surface area (Å²) in [5, 5.41) is 2.87. The number of pyridine rings is 1. The molecule has 114 valence electrons. The number of hydrogen-bond donors (Lipinski definition) is 1. The van der Waals surface area contributed by atoms with Gasteiger partial charge in [-0.25, -0.2) is 9.18 Å². The number of urea groups is 1. The Morgan fingerprint density at radius 1 is 1.36 bits per heavy atom. The van der Waals surface area contributed by atoms with E-state index in [4.69, 9.17) is 0 Å². The van der Waals surface area contributed by atoms with E-state index in [-0.39, 0.29) is 17.9 Å². The first kappa shape index (κ1) is 14.5. The highest BCUT2D eigenvalue weighted by Crippen LogP contribution is 2.29. The maximum absolute atomic E-state index is 13.1. The quantitative estimate of drug-likeness (QED) is 0.935. The highest BCUT2D eigenvalue weighted by Gasteiger charge is 2.33. The molecule has 2 aromatic rings. The number of aryl methyl sites for hydroxylation is 1. The molecule has 1 aliphatic rings. The third-order valence-electron chi connectivity index (χ3n) is 3.74. The highest BCUT2D eigenvalue weighted by atomic mass is 19.1. The monoisotopic (exact) mass is 299 g/mol. The molecule has 0 bridgehead atoms. The molecule has 1 aromatic heterocycles. The van der Waals surface area contributed by atoms with Crippen LogP contribution in [0.15, 0.2) is 42.6 Å². The van der Waals surface area contributed by atoms with Crippen molar-refractivity contribution < 1.29 is 9.18 Å². The van der Waals surface area contributed by atoms with Crippen LogP contribution in [0, 0.1) is 12.7 Å². The minimum atomic E-state index is -0.303. The lowest BCUT2D eigenvalue weighted by Crippen LogP contribution is -2.36. The van der Waals surface area contributed by atoms with Gasteiger partial charge < -0.3 is 10.2 Å². The normalized spacial score (nSPS) is 13.7. The maximum atomic E-state index is 13.1. The number of carbonyl (C=O) groups excluding carboxylic acids is 1. The average Bonchev–Trinajstić information content (AvgIpc) is 3.33. The summed E-state index contributed by atoms with van der Waals surface area (Å²) in [6.45, 7) is 2.26. The first-order chi connectivity index (χ1) is 10.6. The second-order valence-corrected chi connectivity index (χ2v) is 5.57. The number of nitrogens with one attached hydrogen (secondary N) is 1. The first-order valence-corrected chi connectivity index (χ1v) is 7.37. The Labute approximate surface area is 129 Å². The summed E-state index contributed by atoms with van der Waals surface area (Å²) >= 11 is 0. The summed E-state index contributed by atoms with van der Waals surface area (Å²) < 4.78 is 13.1. The van der Waals surface area contributed by atoms with Gasteiger partial charge in [-0.1, -0.05) is 6.07 Å². The fraction of sp³-hybridized carbons (Fsp3) is 0.294. The van der Waals surface area contributed by atoms with Crippen molar-refractivity contribution in [2.75, 3.05) is 5.32 Å². The molecule has 0 unspecified atom stereocenters. The summed E-state index contributed by atoms with van der Waals surface area (Å²) in [6.07, 6.45) is 3.76. The second kappa shape index (κ2) is 6.13. The molecular formula is C17H18FN3O. The third kappa shape index (κ3) is 3.42. The molecule has 1 fully saturated rings. The number of anilines is 1. The van der Waals surface area contributed by atoms with Crippen molar-refractivity contribution >= 4 is 11.7 Å². The zero-order valence-corrected chi connectivity index (χ0v) is 12.4. The molecule has 3 rings (SSSR count). The molecule has 0 spiro atoms. The Kier molecular flexibility index (Phi) is 4.04. The Hall–Kier alpha value is -2.43. The molecule has 1 aromatic carbocycles. The van der Waals surface area contributed by atoms with E-state index in [0.29, 0.717) is 17.8 Å². The van der Waals surface area contributed by atoms with Crippen LogP contribution < -0.4 is 5.32 Å². The van der Waals surface area contributed by atoms with E-state index in [2.05, 4.69) is 10.3 Å². The molecule has 2 amide bonds. The highest BCUT2D eigenvalue weighted by molar-refractivity contribution is 5.90. The summed E-state index contributed by atoms with van der Waals surface area (Å²) in [5.74, 6) is -0.303. The third-order valence-corrected chi connectivity index (χ3v) is 3.74. The predicted molar refractivity (Wildman–Crippen MR) is 83.0 cm³/mol. The number of aromatic nitrogens is 1. The van der Waals surface area contributed by atoms with Crippen LogP contribution in [-0.4, -0.2) is 22.0 Å². The van der Waals surface area contributed by atoms with Crippen LogP contribution in [0.25, 0.3) is 0 Å². The molecule has 0 atom stereocenters. The minimum Gasteiger partial charge on any atom is -0.316 e. The molecule has 1 N–H and O–H groups in total. The summed E-state index contributed by atoms with van der Waals surface area (Å²) in [7, 11) is 0. The molecule has 0 radical (unpaired) electrons. The topological polar surface area (TPSA) is 45.2 Å². The van der Waals surface area contributed by atoms with Gasteiger partial charge in [0.1, 0.15) is 5.82 Å². The molecule has 4 nitrogen and oxygen atoms in total. The zero-order chi connectivity index (χ0) is 15.5. The number of halogens is 1. The van der Waals surface area contributed by atoms with Crippen LogP contribution in [0.5, 0.6) is 0 Å². The summed E-state index contributed by atoms with van der Waals surface area (Å²) in [5.41, 5.74) is 2.21. The van der Waals surface area contributed by atoms with Crippen LogP contribution in [0.4, 0.5) is 14.9 Å². The molecule has 1 saturated carbocycles. The number of rotatable bonds is 4. The van der Waals surface area contributed by atoms with Crippen molar-refractivity contribution in [3.63, 3.8) is 0 Å². The lowest BCUT2D eigenvalue weighted by Gasteiger charge is -2.23.